The summed E-state index contributed by atoms with van der Waals surface area (Å²) < 4.78 is 66.6. The third-order valence-corrected chi connectivity index (χ3v) is 5.68. The number of halogens is 3. The second-order valence-corrected chi connectivity index (χ2v) is 8.75. The molecule has 0 aliphatic carbocycles. The van der Waals surface area contributed by atoms with Gasteiger partial charge in [0.25, 0.3) is 0 Å². The number of alkyl halides is 3. The van der Waals surface area contributed by atoms with Crippen molar-refractivity contribution in [2.75, 3.05) is 13.7 Å². The van der Waals surface area contributed by atoms with Gasteiger partial charge in [0.1, 0.15) is 5.25 Å². The first-order valence-corrected chi connectivity index (χ1v) is 8.91. The standard InChI is InChI=1S/C15H21F3N2O3S/c1-14(2,3)19-24(21,22)12-9-23-20(4)13(12)10-6-5-7-11(8-10)15(16,17)18/h5-8,12-13,19H,9H2,1-4H3/t12-,13-/m0/s1. The van der Waals surface area contributed by atoms with E-state index in [1.165, 1.54) is 24.2 Å². The number of nitrogens with zero attached hydrogens (tertiary/aromatic N) is 1. The second kappa shape index (κ2) is 6.29. The minimum atomic E-state index is -4.49. The molecule has 0 aromatic heterocycles. The van der Waals surface area contributed by atoms with Crippen LogP contribution >= 0.6 is 0 Å². The molecule has 0 amide bonds. The molecule has 0 spiro atoms. The highest BCUT2D eigenvalue weighted by molar-refractivity contribution is 7.90. The third-order valence-electron chi connectivity index (χ3n) is 3.59. The average Bonchev–Trinajstić information content (AvgIpc) is 2.78. The van der Waals surface area contributed by atoms with E-state index in [1.807, 2.05) is 0 Å². The molecular weight excluding hydrogens is 345 g/mol. The van der Waals surface area contributed by atoms with E-state index in [1.54, 1.807) is 20.8 Å². The van der Waals surface area contributed by atoms with Crippen molar-refractivity contribution in [2.24, 2.45) is 0 Å². The lowest BCUT2D eigenvalue weighted by Gasteiger charge is -2.27. The number of nitrogens with one attached hydrogen (secondary N) is 1. The lowest BCUT2D eigenvalue weighted by molar-refractivity contribution is -0.138. The van der Waals surface area contributed by atoms with E-state index in [4.69, 9.17) is 4.84 Å². The zero-order valence-electron chi connectivity index (χ0n) is 13.9. The summed E-state index contributed by atoms with van der Waals surface area (Å²) >= 11 is 0. The van der Waals surface area contributed by atoms with E-state index >= 15 is 0 Å². The summed E-state index contributed by atoms with van der Waals surface area (Å²) in [6.07, 6.45) is -4.49. The molecular formula is C15H21F3N2O3S. The maximum absolute atomic E-state index is 12.9. The highest BCUT2D eigenvalue weighted by Gasteiger charge is 2.45. The van der Waals surface area contributed by atoms with Gasteiger partial charge in [-0.3, -0.25) is 4.84 Å². The Morgan fingerprint density at radius 2 is 1.88 bits per heavy atom. The highest BCUT2D eigenvalue weighted by Crippen LogP contribution is 2.37. The normalized spacial score (nSPS) is 23.6. The Bertz CT molecular complexity index is 699. The summed E-state index contributed by atoms with van der Waals surface area (Å²) in [6, 6.07) is 3.84. The van der Waals surface area contributed by atoms with Crippen LogP contribution in [0.1, 0.15) is 37.9 Å². The molecule has 1 N–H and O–H groups in total. The number of hydroxylamine groups is 2. The molecule has 0 bridgehead atoms. The van der Waals surface area contributed by atoms with Crippen LogP contribution in [0, 0.1) is 0 Å². The molecule has 1 saturated heterocycles. The molecule has 2 atom stereocenters. The summed E-state index contributed by atoms with van der Waals surface area (Å²) in [4.78, 5) is 5.29. The van der Waals surface area contributed by atoms with E-state index in [0.717, 1.165) is 12.1 Å². The fraction of sp³-hybridized carbons (Fsp3) is 0.600. The minimum absolute atomic E-state index is 0.122. The third kappa shape index (κ3) is 4.27. The predicted octanol–water partition coefficient (Wildman–Crippen LogP) is 2.71. The van der Waals surface area contributed by atoms with Crippen molar-refractivity contribution in [3.8, 4) is 0 Å². The van der Waals surface area contributed by atoms with Crippen molar-refractivity contribution in [1.29, 1.82) is 0 Å². The molecule has 0 radical (unpaired) electrons. The van der Waals surface area contributed by atoms with Gasteiger partial charge >= 0.3 is 6.18 Å². The zero-order valence-corrected chi connectivity index (χ0v) is 14.7. The number of rotatable bonds is 3. The van der Waals surface area contributed by atoms with Gasteiger partial charge in [-0.05, 0) is 38.5 Å². The summed E-state index contributed by atoms with van der Waals surface area (Å²) in [6.45, 7) is 4.97. The van der Waals surface area contributed by atoms with Crippen LogP contribution in [0.4, 0.5) is 13.2 Å². The van der Waals surface area contributed by atoms with Gasteiger partial charge in [0.15, 0.2) is 0 Å². The molecule has 24 heavy (non-hydrogen) atoms. The fourth-order valence-electron chi connectivity index (χ4n) is 2.68. The van der Waals surface area contributed by atoms with Crippen LogP contribution in [0.15, 0.2) is 24.3 Å². The van der Waals surface area contributed by atoms with Crippen LogP contribution in [0.5, 0.6) is 0 Å². The van der Waals surface area contributed by atoms with Crippen molar-refractivity contribution in [2.45, 2.75) is 43.8 Å². The molecule has 0 saturated carbocycles. The molecule has 1 heterocycles. The Labute approximate surface area is 139 Å². The zero-order chi connectivity index (χ0) is 18.3. The molecule has 2 rings (SSSR count). The second-order valence-electron chi connectivity index (χ2n) is 6.85. The summed E-state index contributed by atoms with van der Waals surface area (Å²) in [7, 11) is -2.28. The summed E-state index contributed by atoms with van der Waals surface area (Å²) in [5, 5.41) is 0.285. The van der Waals surface area contributed by atoms with Crippen molar-refractivity contribution in [1.82, 2.24) is 9.79 Å². The van der Waals surface area contributed by atoms with Gasteiger partial charge in [-0.15, -0.1) is 0 Å². The first-order chi connectivity index (χ1) is 10.8. The molecule has 1 aliphatic rings. The Kier molecular flexibility index (Phi) is 5.02. The van der Waals surface area contributed by atoms with E-state index in [2.05, 4.69) is 4.72 Å². The minimum Gasteiger partial charge on any atom is -0.297 e. The van der Waals surface area contributed by atoms with Gasteiger partial charge in [-0.1, -0.05) is 12.1 Å². The largest absolute Gasteiger partial charge is 0.416 e. The van der Waals surface area contributed by atoms with Gasteiger partial charge in [-0.25, -0.2) is 13.1 Å². The highest BCUT2D eigenvalue weighted by atomic mass is 32.2. The van der Waals surface area contributed by atoms with Crippen molar-refractivity contribution in [3.63, 3.8) is 0 Å². The predicted molar refractivity (Wildman–Crippen MR) is 83.5 cm³/mol. The van der Waals surface area contributed by atoms with Crippen molar-refractivity contribution < 1.29 is 26.4 Å². The molecule has 1 aliphatic heterocycles. The molecule has 136 valence electrons. The molecule has 9 heteroatoms. The fourth-order valence-corrected chi connectivity index (χ4v) is 4.59. The first kappa shape index (κ1) is 19.2. The van der Waals surface area contributed by atoms with Crippen molar-refractivity contribution in [3.05, 3.63) is 35.4 Å². The number of sulfonamides is 1. The monoisotopic (exact) mass is 366 g/mol. The number of hydrogen-bond donors (Lipinski definition) is 1. The van der Waals surface area contributed by atoms with Gasteiger partial charge < -0.3 is 0 Å². The van der Waals surface area contributed by atoms with Crippen LogP contribution in [0.3, 0.4) is 0 Å². The first-order valence-electron chi connectivity index (χ1n) is 7.37. The Morgan fingerprint density at radius 1 is 1.25 bits per heavy atom. The quantitative estimate of drug-likeness (QED) is 0.894. The summed E-state index contributed by atoms with van der Waals surface area (Å²) in [5.74, 6) is 0. The van der Waals surface area contributed by atoms with E-state index in [9.17, 15) is 21.6 Å². The Balaban J connectivity index is 2.40. The molecule has 0 unspecified atom stereocenters. The van der Waals surface area contributed by atoms with E-state index in [0.29, 0.717) is 0 Å². The lowest BCUT2D eigenvalue weighted by Crippen LogP contribution is -2.47. The van der Waals surface area contributed by atoms with Gasteiger partial charge in [0, 0.05) is 12.6 Å². The SMILES string of the molecule is CN1OC[C@H](S(=O)(=O)NC(C)(C)C)[C@@H]1c1cccc(C(F)(F)F)c1. The number of hydrogen-bond acceptors (Lipinski definition) is 4. The topological polar surface area (TPSA) is 58.6 Å². The maximum atomic E-state index is 12.9. The van der Waals surface area contributed by atoms with Crippen LogP contribution in [0.25, 0.3) is 0 Å². The molecule has 5 nitrogen and oxygen atoms in total. The molecule has 1 fully saturated rings. The smallest absolute Gasteiger partial charge is 0.297 e. The Hall–Kier alpha value is -1.16. The molecule has 1 aromatic rings. The van der Waals surface area contributed by atoms with Gasteiger partial charge in [0.05, 0.1) is 18.2 Å². The Morgan fingerprint density at radius 3 is 2.42 bits per heavy atom. The van der Waals surface area contributed by atoms with Crippen LogP contribution < -0.4 is 4.72 Å². The van der Waals surface area contributed by atoms with Crippen molar-refractivity contribution >= 4 is 10.0 Å². The van der Waals surface area contributed by atoms with Crippen LogP contribution in [-0.2, 0) is 21.0 Å². The average molecular weight is 366 g/mol. The summed E-state index contributed by atoms with van der Waals surface area (Å²) in [5.41, 5.74) is -1.27. The maximum Gasteiger partial charge on any atom is 0.416 e. The van der Waals surface area contributed by atoms with Crippen LogP contribution in [0.2, 0.25) is 0 Å². The van der Waals surface area contributed by atoms with Gasteiger partial charge in [-0.2, -0.15) is 18.2 Å². The van der Waals surface area contributed by atoms with E-state index < -0.39 is 38.6 Å². The number of benzene rings is 1. The lowest BCUT2D eigenvalue weighted by atomic mass is 10.0. The van der Waals surface area contributed by atoms with E-state index in [-0.39, 0.29) is 12.2 Å². The van der Waals surface area contributed by atoms with Gasteiger partial charge in [0.2, 0.25) is 10.0 Å². The molecule has 1 aromatic carbocycles. The van der Waals surface area contributed by atoms with Crippen LogP contribution in [-0.4, -0.2) is 37.9 Å².